The molecular formula is C31H45NO3. The molecule has 4 heteroatoms. The minimum absolute atomic E-state index is 0.308. The summed E-state index contributed by atoms with van der Waals surface area (Å²) in [5.41, 5.74) is 1.13. The van der Waals surface area contributed by atoms with Crippen LogP contribution in [0.5, 0.6) is 0 Å². The summed E-state index contributed by atoms with van der Waals surface area (Å²) in [4.78, 5) is 15.3. The van der Waals surface area contributed by atoms with Crippen molar-refractivity contribution in [2.24, 2.45) is 46.3 Å². The first kappa shape index (κ1) is 25.0. The maximum absolute atomic E-state index is 11.5. The van der Waals surface area contributed by atoms with Gasteiger partial charge in [-0.15, -0.1) is 0 Å². The van der Waals surface area contributed by atoms with Crippen LogP contribution in [0, 0.1) is 46.3 Å². The molecule has 0 saturated heterocycles. The van der Waals surface area contributed by atoms with Gasteiger partial charge in [0.05, 0.1) is 5.60 Å². The maximum atomic E-state index is 11.5. The third kappa shape index (κ3) is 4.49. The molecule has 0 spiro atoms. The molecule has 4 aliphatic carbocycles. The number of rotatable bonds is 6. The van der Waals surface area contributed by atoms with Crippen LogP contribution in [0.1, 0.15) is 97.0 Å². The van der Waals surface area contributed by atoms with Crippen molar-refractivity contribution in [3.05, 3.63) is 36.2 Å². The van der Waals surface area contributed by atoms with Crippen LogP contribution in [0.2, 0.25) is 0 Å². The number of pyridine rings is 1. The normalized spacial score (nSPS) is 43.8. The van der Waals surface area contributed by atoms with Crippen molar-refractivity contribution in [1.82, 2.24) is 4.98 Å². The van der Waals surface area contributed by atoms with Crippen LogP contribution < -0.4 is 0 Å². The SMILES string of the molecule is C[C@H](CCC(=O)O)[C@H]1CC[C@H]2[C@@H]3CC[C@@H]4C[C@](O)(/C=C/c5ccncc5)CC[C@]4(C)[C@H]3CC[C@]12C. The second-order valence-electron chi connectivity index (χ2n) is 13.2. The Bertz CT molecular complexity index is 946. The van der Waals surface area contributed by atoms with Gasteiger partial charge in [-0.1, -0.05) is 32.9 Å². The van der Waals surface area contributed by atoms with Gasteiger partial charge >= 0.3 is 5.97 Å². The maximum Gasteiger partial charge on any atom is 0.303 e. The number of aromatic nitrogens is 1. The fourth-order valence-electron chi connectivity index (χ4n) is 9.68. The van der Waals surface area contributed by atoms with E-state index in [9.17, 15) is 15.0 Å². The number of carboxylic acids is 1. The number of aliphatic carboxylic acids is 1. The van der Waals surface area contributed by atoms with E-state index in [1.807, 2.05) is 12.1 Å². The zero-order valence-electron chi connectivity index (χ0n) is 22.0. The van der Waals surface area contributed by atoms with E-state index in [-0.39, 0.29) is 0 Å². The Kier molecular flexibility index (Phi) is 6.66. The molecule has 1 aromatic heterocycles. The van der Waals surface area contributed by atoms with Crippen LogP contribution in [-0.2, 0) is 4.79 Å². The minimum Gasteiger partial charge on any atom is -0.481 e. The summed E-state index contributed by atoms with van der Waals surface area (Å²) in [5, 5.41) is 20.7. The second-order valence-corrected chi connectivity index (χ2v) is 13.2. The standard InChI is InChI=1S/C31H45NO3/c1-21(4-9-28(33)34)25-7-8-26-24-6-5-23-20-31(35,15-10-22-12-18-32-19-13-22)17-16-29(23,2)27(24)11-14-30(25,26)3/h10,12-13,15,18-19,21,23-27,35H,4-9,11,14,16-17,20H2,1-3H3,(H,33,34)/b15-10+/t21-,23-,24+,25-,26+,27+,29+,30-,31+/m1/s1. The largest absolute Gasteiger partial charge is 0.481 e. The molecule has 2 N–H and O–H groups in total. The number of fused-ring (bicyclic) bond motifs is 5. The molecule has 192 valence electrons. The van der Waals surface area contributed by atoms with Crippen molar-refractivity contribution in [3.63, 3.8) is 0 Å². The molecule has 0 bridgehead atoms. The first-order valence-electron chi connectivity index (χ1n) is 14.2. The van der Waals surface area contributed by atoms with Gasteiger partial charge in [0.1, 0.15) is 0 Å². The first-order valence-corrected chi connectivity index (χ1v) is 14.2. The summed E-state index contributed by atoms with van der Waals surface area (Å²) in [6.07, 6.45) is 19.5. The highest BCUT2D eigenvalue weighted by Crippen LogP contribution is 2.69. The van der Waals surface area contributed by atoms with E-state index in [2.05, 4.69) is 37.9 Å². The van der Waals surface area contributed by atoms with E-state index < -0.39 is 11.6 Å². The zero-order valence-corrected chi connectivity index (χ0v) is 22.0. The van der Waals surface area contributed by atoms with E-state index >= 15 is 0 Å². The minimum atomic E-state index is -0.693. The molecular weight excluding hydrogens is 434 g/mol. The number of hydrogen-bond donors (Lipinski definition) is 2. The summed E-state index contributed by atoms with van der Waals surface area (Å²) < 4.78 is 0. The fourth-order valence-corrected chi connectivity index (χ4v) is 9.68. The number of carbonyl (C=O) groups is 1. The Balaban J connectivity index is 1.29. The quantitative estimate of drug-likeness (QED) is 0.461. The number of nitrogens with zero attached hydrogens (tertiary/aromatic N) is 1. The third-order valence-electron chi connectivity index (χ3n) is 11.6. The molecule has 0 aliphatic heterocycles. The summed E-state index contributed by atoms with van der Waals surface area (Å²) in [6, 6.07) is 3.99. The highest BCUT2D eigenvalue weighted by atomic mass is 16.4. The molecule has 35 heavy (non-hydrogen) atoms. The van der Waals surface area contributed by atoms with Crippen molar-refractivity contribution >= 4 is 12.0 Å². The Morgan fingerprint density at radius 2 is 1.80 bits per heavy atom. The van der Waals surface area contributed by atoms with Gasteiger partial charge in [-0.05, 0) is 128 Å². The van der Waals surface area contributed by atoms with E-state index in [1.54, 1.807) is 12.4 Å². The Hall–Kier alpha value is -1.68. The van der Waals surface area contributed by atoms with E-state index in [4.69, 9.17) is 0 Å². The first-order chi connectivity index (χ1) is 16.6. The van der Waals surface area contributed by atoms with Gasteiger partial charge < -0.3 is 10.2 Å². The lowest BCUT2D eigenvalue weighted by molar-refractivity contribution is -0.142. The number of hydrogen-bond acceptors (Lipinski definition) is 3. The monoisotopic (exact) mass is 479 g/mol. The van der Waals surface area contributed by atoms with Gasteiger partial charge in [0.15, 0.2) is 0 Å². The summed E-state index contributed by atoms with van der Waals surface area (Å²) in [7, 11) is 0. The van der Waals surface area contributed by atoms with Gasteiger partial charge in [-0.25, -0.2) is 0 Å². The van der Waals surface area contributed by atoms with E-state index in [1.165, 1.54) is 38.5 Å². The molecule has 4 aliphatic rings. The molecule has 5 rings (SSSR count). The highest BCUT2D eigenvalue weighted by molar-refractivity contribution is 5.66. The smallest absolute Gasteiger partial charge is 0.303 e. The molecule has 1 heterocycles. The average Bonchev–Trinajstić information content (AvgIpc) is 3.20. The van der Waals surface area contributed by atoms with E-state index in [0.29, 0.717) is 35.0 Å². The second kappa shape index (κ2) is 9.32. The molecule has 4 saturated carbocycles. The molecule has 0 aromatic carbocycles. The van der Waals surface area contributed by atoms with Crippen LogP contribution in [0.3, 0.4) is 0 Å². The van der Waals surface area contributed by atoms with Crippen LogP contribution >= 0.6 is 0 Å². The number of carboxylic acid groups (broad SMARTS) is 1. The predicted molar refractivity (Wildman–Crippen MR) is 139 cm³/mol. The molecule has 4 fully saturated rings. The van der Waals surface area contributed by atoms with Crippen LogP contribution in [0.15, 0.2) is 30.6 Å². The Labute approximate surface area is 211 Å². The van der Waals surface area contributed by atoms with Gasteiger partial charge in [-0.3, -0.25) is 9.78 Å². The lowest BCUT2D eigenvalue weighted by atomic mass is 9.43. The van der Waals surface area contributed by atoms with Crippen LogP contribution in [0.4, 0.5) is 0 Å². The Morgan fingerprint density at radius 1 is 1.06 bits per heavy atom. The summed E-state index contributed by atoms with van der Waals surface area (Å²) in [6.45, 7) is 7.43. The van der Waals surface area contributed by atoms with Crippen molar-refractivity contribution in [3.8, 4) is 0 Å². The van der Waals surface area contributed by atoms with Crippen molar-refractivity contribution < 1.29 is 15.0 Å². The average molecular weight is 480 g/mol. The highest BCUT2D eigenvalue weighted by Gasteiger charge is 2.61. The molecule has 0 unspecified atom stereocenters. The zero-order chi connectivity index (χ0) is 24.8. The van der Waals surface area contributed by atoms with Gasteiger partial charge in [0, 0.05) is 18.8 Å². The summed E-state index contributed by atoms with van der Waals surface area (Å²) in [5.74, 6) is 3.50. The van der Waals surface area contributed by atoms with Crippen molar-refractivity contribution in [1.29, 1.82) is 0 Å². The molecule has 9 atom stereocenters. The third-order valence-corrected chi connectivity index (χ3v) is 11.6. The Morgan fingerprint density at radius 3 is 2.54 bits per heavy atom. The van der Waals surface area contributed by atoms with Gasteiger partial charge in [0.2, 0.25) is 0 Å². The van der Waals surface area contributed by atoms with Crippen molar-refractivity contribution in [2.75, 3.05) is 0 Å². The topological polar surface area (TPSA) is 70.4 Å². The fraction of sp³-hybridized carbons (Fsp3) is 0.742. The molecule has 1 aromatic rings. The molecule has 0 amide bonds. The molecule has 4 nitrogen and oxygen atoms in total. The summed E-state index contributed by atoms with van der Waals surface area (Å²) >= 11 is 0. The number of aliphatic hydroxyl groups is 1. The van der Waals surface area contributed by atoms with Crippen molar-refractivity contribution in [2.45, 2.75) is 97.0 Å². The van der Waals surface area contributed by atoms with Crippen LogP contribution in [-0.4, -0.2) is 26.8 Å². The van der Waals surface area contributed by atoms with Gasteiger partial charge in [0.25, 0.3) is 0 Å². The van der Waals surface area contributed by atoms with E-state index in [0.717, 1.165) is 49.0 Å². The predicted octanol–water partition coefficient (Wildman–Crippen LogP) is 6.99. The lowest BCUT2D eigenvalue weighted by Gasteiger charge is -2.62. The molecule has 0 radical (unpaired) electrons. The van der Waals surface area contributed by atoms with Gasteiger partial charge in [-0.2, -0.15) is 0 Å². The van der Waals surface area contributed by atoms with Crippen LogP contribution in [0.25, 0.3) is 6.08 Å². The lowest BCUT2D eigenvalue weighted by Crippen LogP contribution is -2.55.